The van der Waals surface area contributed by atoms with E-state index >= 15 is 0 Å². The van der Waals surface area contributed by atoms with Gasteiger partial charge >= 0.3 is 12.4 Å². The van der Waals surface area contributed by atoms with Gasteiger partial charge in [0.2, 0.25) is 0 Å². The Balaban J connectivity index is 2.32. The van der Waals surface area contributed by atoms with E-state index < -0.39 is 47.1 Å². The average molecular weight is 371 g/mol. The number of methoxy groups -OCH3 is 1. The molecule has 10 heteroatoms. The third-order valence-corrected chi connectivity index (χ3v) is 3.81. The first-order valence-corrected chi connectivity index (χ1v) is 7.24. The highest BCUT2D eigenvalue weighted by Gasteiger charge is 2.40. The monoisotopic (exact) mass is 371 g/mol. The van der Waals surface area contributed by atoms with Crippen molar-refractivity contribution in [3.8, 4) is 0 Å². The van der Waals surface area contributed by atoms with Crippen LogP contribution < -0.4 is 5.32 Å². The maximum absolute atomic E-state index is 13.1. The summed E-state index contributed by atoms with van der Waals surface area (Å²) in [4.78, 5) is 12.2. The predicted octanol–water partition coefficient (Wildman–Crippen LogP) is 3.26. The number of hydrogen-bond donors (Lipinski definition) is 1. The Labute approximate surface area is 139 Å². The lowest BCUT2D eigenvalue weighted by molar-refractivity contribution is -0.143. The van der Waals surface area contributed by atoms with E-state index in [1.807, 2.05) is 0 Å². The maximum Gasteiger partial charge on any atom is 0.417 e. The summed E-state index contributed by atoms with van der Waals surface area (Å²) < 4.78 is 87.6. The molecule has 0 saturated carbocycles. The highest BCUT2D eigenvalue weighted by molar-refractivity contribution is 5.96. The molecule has 0 radical (unpaired) electrons. The molecule has 1 aromatic rings. The van der Waals surface area contributed by atoms with Gasteiger partial charge < -0.3 is 14.8 Å². The van der Waals surface area contributed by atoms with Gasteiger partial charge in [0, 0.05) is 13.7 Å². The Morgan fingerprint density at radius 3 is 2.44 bits per heavy atom. The molecule has 1 heterocycles. The number of rotatable bonds is 3. The summed E-state index contributed by atoms with van der Waals surface area (Å²) in [6.07, 6.45) is -10.1. The van der Waals surface area contributed by atoms with E-state index in [4.69, 9.17) is 9.47 Å². The molecule has 0 unspecified atom stereocenters. The van der Waals surface area contributed by atoms with Crippen LogP contribution in [0.2, 0.25) is 0 Å². The number of alkyl halides is 6. The summed E-state index contributed by atoms with van der Waals surface area (Å²) in [5, 5.41) is 2.34. The van der Waals surface area contributed by atoms with Crippen molar-refractivity contribution in [2.45, 2.75) is 30.9 Å². The third-order valence-electron chi connectivity index (χ3n) is 3.81. The normalized spacial score (nSPS) is 21.9. The smallest absolute Gasteiger partial charge is 0.379 e. The number of nitrogens with one attached hydrogen (secondary N) is 1. The summed E-state index contributed by atoms with van der Waals surface area (Å²) in [7, 11) is 1.38. The van der Waals surface area contributed by atoms with Crippen LogP contribution in [0.25, 0.3) is 0 Å². The zero-order chi connectivity index (χ0) is 18.8. The number of carbonyl (C=O) groups is 1. The fourth-order valence-electron chi connectivity index (χ4n) is 2.53. The predicted molar refractivity (Wildman–Crippen MR) is 73.9 cm³/mol. The summed E-state index contributed by atoms with van der Waals surface area (Å²) in [5.41, 5.74) is -4.02. The molecule has 0 spiro atoms. The van der Waals surface area contributed by atoms with E-state index in [2.05, 4.69) is 5.32 Å². The summed E-state index contributed by atoms with van der Waals surface area (Å²) in [5.74, 6) is -1.14. The summed E-state index contributed by atoms with van der Waals surface area (Å²) in [6, 6.07) is 0.191. The van der Waals surface area contributed by atoms with Crippen LogP contribution in [-0.4, -0.2) is 38.4 Å². The molecule has 1 aromatic carbocycles. The maximum atomic E-state index is 13.1. The van der Waals surface area contributed by atoms with E-state index in [0.717, 1.165) is 0 Å². The standard InChI is InChI=1S/C15H15F6NO3/c1-24-12-4-5-25-7-11(12)22-13(23)9-3-2-8(14(16,17)18)6-10(9)15(19,20)21/h2-3,6,11-12H,4-5,7H2,1H3,(H,22,23)/t11-,12-/m1/s1. The lowest BCUT2D eigenvalue weighted by Gasteiger charge is -2.31. The zero-order valence-electron chi connectivity index (χ0n) is 13.0. The Bertz CT molecular complexity index is 629. The quantitative estimate of drug-likeness (QED) is 0.830. The zero-order valence-corrected chi connectivity index (χ0v) is 13.0. The molecule has 1 saturated heterocycles. The van der Waals surface area contributed by atoms with Crippen molar-refractivity contribution in [2.75, 3.05) is 20.3 Å². The van der Waals surface area contributed by atoms with E-state index in [1.165, 1.54) is 7.11 Å². The first-order valence-electron chi connectivity index (χ1n) is 7.24. The van der Waals surface area contributed by atoms with Crippen molar-refractivity contribution >= 4 is 5.91 Å². The Kier molecular flexibility index (Phi) is 5.62. The van der Waals surface area contributed by atoms with E-state index in [-0.39, 0.29) is 12.7 Å². The number of halogens is 6. The molecular formula is C15H15F6NO3. The minimum absolute atomic E-state index is 0.0340. The number of ether oxygens (including phenoxy) is 2. The average Bonchev–Trinajstić information content (AvgIpc) is 2.53. The second-order valence-electron chi connectivity index (χ2n) is 5.47. The Hall–Kier alpha value is -1.81. The topological polar surface area (TPSA) is 47.6 Å². The van der Waals surface area contributed by atoms with Crippen molar-refractivity contribution in [2.24, 2.45) is 0 Å². The van der Waals surface area contributed by atoms with E-state index in [1.54, 1.807) is 0 Å². The van der Waals surface area contributed by atoms with Gasteiger partial charge in [0.25, 0.3) is 5.91 Å². The molecular weight excluding hydrogens is 356 g/mol. The molecule has 0 aliphatic carbocycles. The van der Waals surface area contributed by atoms with Gasteiger partial charge in [0.1, 0.15) is 0 Å². The molecule has 25 heavy (non-hydrogen) atoms. The Morgan fingerprint density at radius 2 is 1.88 bits per heavy atom. The molecule has 1 aliphatic heterocycles. The minimum Gasteiger partial charge on any atom is -0.379 e. The largest absolute Gasteiger partial charge is 0.417 e. The molecule has 1 aliphatic rings. The van der Waals surface area contributed by atoms with Crippen molar-refractivity contribution in [3.05, 3.63) is 34.9 Å². The molecule has 1 amide bonds. The van der Waals surface area contributed by atoms with Gasteiger partial charge in [-0.15, -0.1) is 0 Å². The van der Waals surface area contributed by atoms with Crippen LogP contribution in [0, 0.1) is 0 Å². The van der Waals surface area contributed by atoms with Crippen LogP contribution in [0.4, 0.5) is 26.3 Å². The van der Waals surface area contributed by atoms with Crippen molar-refractivity contribution < 1.29 is 40.6 Å². The highest BCUT2D eigenvalue weighted by atomic mass is 19.4. The van der Waals surface area contributed by atoms with Crippen LogP contribution in [0.1, 0.15) is 27.9 Å². The molecule has 140 valence electrons. The lowest BCUT2D eigenvalue weighted by Crippen LogP contribution is -2.50. The van der Waals surface area contributed by atoms with Gasteiger partial charge in [0.15, 0.2) is 0 Å². The highest BCUT2D eigenvalue weighted by Crippen LogP contribution is 2.37. The third kappa shape index (κ3) is 4.63. The lowest BCUT2D eigenvalue weighted by atomic mass is 10.0. The fraction of sp³-hybridized carbons (Fsp3) is 0.533. The molecule has 0 bridgehead atoms. The second-order valence-corrected chi connectivity index (χ2v) is 5.47. The van der Waals surface area contributed by atoms with E-state index in [0.29, 0.717) is 25.2 Å². The SMILES string of the molecule is CO[C@@H]1CCOC[C@H]1NC(=O)c1ccc(C(F)(F)F)cc1C(F)(F)F. The fourth-order valence-corrected chi connectivity index (χ4v) is 2.53. The van der Waals surface area contributed by atoms with Gasteiger partial charge in [0.05, 0.1) is 35.4 Å². The van der Waals surface area contributed by atoms with Crippen molar-refractivity contribution in [1.82, 2.24) is 5.32 Å². The second kappa shape index (κ2) is 7.20. The van der Waals surface area contributed by atoms with Crippen molar-refractivity contribution in [1.29, 1.82) is 0 Å². The molecule has 1 fully saturated rings. The number of carbonyl (C=O) groups excluding carboxylic acids is 1. The number of hydrogen-bond acceptors (Lipinski definition) is 3. The van der Waals surface area contributed by atoms with Gasteiger partial charge in [-0.05, 0) is 24.6 Å². The molecule has 2 atom stereocenters. The first-order chi connectivity index (χ1) is 11.5. The van der Waals surface area contributed by atoms with Crippen LogP contribution >= 0.6 is 0 Å². The molecule has 4 nitrogen and oxygen atoms in total. The molecule has 2 rings (SSSR count). The number of benzene rings is 1. The van der Waals surface area contributed by atoms with Gasteiger partial charge in [-0.2, -0.15) is 26.3 Å². The minimum atomic E-state index is -5.11. The van der Waals surface area contributed by atoms with Gasteiger partial charge in [-0.3, -0.25) is 4.79 Å². The Morgan fingerprint density at radius 1 is 1.20 bits per heavy atom. The molecule has 0 aromatic heterocycles. The van der Waals surface area contributed by atoms with Crippen LogP contribution in [0.15, 0.2) is 18.2 Å². The summed E-state index contributed by atoms with van der Waals surface area (Å²) >= 11 is 0. The van der Waals surface area contributed by atoms with Crippen LogP contribution in [0.3, 0.4) is 0 Å². The van der Waals surface area contributed by atoms with Crippen LogP contribution in [0.5, 0.6) is 0 Å². The van der Waals surface area contributed by atoms with Gasteiger partial charge in [-0.1, -0.05) is 0 Å². The van der Waals surface area contributed by atoms with Crippen molar-refractivity contribution in [3.63, 3.8) is 0 Å². The number of amides is 1. The first kappa shape index (κ1) is 19.5. The van der Waals surface area contributed by atoms with E-state index in [9.17, 15) is 31.1 Å². The van der Waals surface area contributed by atoms with Crippen LogP contribution in [-0.2, 0) is 21.8 Å². The summed E-state index contributed by atoms with van der Waals surface area (Å²) in [6.45, 7) is 0.408. The molecule has 1 N–H and O–H groups in total. The van der Waals surface area contributed by atoms with Gasteiger partial charge in [-0.25, -0.2) is 0 Å².